The van der Waals surface area contributed by atoms with E-state index in [1.807, 2.05) is 60.7 Å². The number of halogens is 3. The fourth-order valence-corrected chi connectivity index (χ4v) is 3.67. The monoisotopic (exact) mass is 630 g/mol. The summed E-state index contributed by atoms with van der Waals surface area (Å²) in [6.07, 6.45) is 0. The zero-order chi connectivity index (χ0) is 21.4. The number of esters is 2. The summed E-state index contributed by atoms with van der Waals surface area (Å²) in [5.41, 5.74) is 3.16. The van der Waals surface area contributed by atoms with E-state index in [2.05, 4.69) is 59.2 Å². The smallest absolute Gasteiger partial charge is 0.339 e. The van der Waals surface area contributed by atoms with Gasteiger partial charge in [0, 0.05) is 12.5 Å². The van der Waals surface area contributed by atoms with E-state index in [0.29, 0.717) is 11.1 Å². The molecule has 150 valence electrons. The highest BCUT2D eigenvalue weighted by Gasteiger charge is 2.11. The molecule has 0 fully saturated rings. The van der Waals surface area contributed by atoms with Gasteiger partial charge in [-0.25, -0.2) is 9.59 Å². The predicted octanol–water partition coefficient (Wildman–Crippen LogP) is 6.74. The van der Waals surface area contributed by atoms with E-state index < -0.39 is 0 Å². The van der Waals surface area contributed by atoms with Crippen LogP contribution in [0.2, 0.25) is 0 Å². The molecule has 0 aliphatic rings. The van der Waals surface area contributed by atoms with Gasteiger partial charge in [-0.1, -0.05) is 36.4 Å². The minimum atomic E-state index is -0.338. The highest BCUT2D eigenvalue weighted by Crippen LogP contribution is 2.26. The minimum Gasteiger partial charge on any atom is -0.465 e. The highest BCUT2D eigenvalue weighted by atomic mass is 127. The van der Waals surface area contributed by atoms with E-state index in [9.17, 15) is 9.59 Å². The Bertz CT molecular complexity index is 1010. The molecule has 3 aromatic carbocycles. The van der Waals surface area contributed by atoms with Crippen molar-refractivity contribution in [3.05, 3.63) is 90.4 Å². The number of ether oxygens (including phenoxy) is 2. The van der Waals surface area contributed by atoms with Gasteiger partial charge in [0.2, 0.25) is 0 Å². The maximum Gasteiger partial charge on any atom is 0.339 e. The molecule has 0 unspecified atom stereocenters. The molecule has 0 bridgehead atoms. The van der Waals surface area contributed by atoms with E-state index in [1.165, 1.54) is 14.2 Å². The summed E-state index contributed by atoms with van der Waals surface area (Å²) in [5.74, 6) is -0.657. The molecule has 0 atom stereocenters. The third kappa shape index (κ3) is 6.65. The van der Waals surface area contributed by atoms with E-state index in [4.69, 9.17) is 4.74 Å². The van der Waals surface area contributed by atoms with Crippen LogP contribution in [0.5, 0.6) is 0 Å². The van der Waals surface area contributed by atoms with E-state index in [1.54, 1.807) is 6.07 Å². The third-order valence-electron chi connectivity index (χ3n) is 3.81. The standard InChI is InChI=1S/C14H11BrO2.C8H6BrIO2/c1-17-14(16)12-9-11(7-8-13(12)15)10-5-3-2-4-6-10;1-12-8(11)6-4-5(10)2-3-7(6)9/h2-9H,1H3;2-4H,1H3. The molecule has 0 spiro atoms. The molecule has 4 nitrogen and oxygen atoms in total. The molecule has 0 N–H and O–H groups in total. The number of hydrogen-bond donors (Lipinski definition) is 0. The number of methoxy groups -OCH3 is 2. The number of carbonyl (C=O) groups excluding carboxylic acids is 2. The molecule has 3 aromatic rings. The Balaban J connectivity index is 0.000000221. The quantitative estimate of drug-likeness (QED) is 0.237. The SMILES string of the molecule is COC(=O)c1cc(-c2ccccc2)ccc1Br.COC(=O)c1cc(I)ccc1Br. The van der Waals surface area contributed by atoms with Crippen LogP contribution in [0.4, 0.5) is 0 Å². The van der Waals surface area contributed by atoms with Crippen molar-refractivity contribution in [1.82, 2.24) is 0 Å². The van der Waals surface area contributed by atoms with Gasteiger partial charge in [-0.2, -0.15) is 0 Å². The molecule has 0 heterocycles. The van der Waals surface area contributed by atoms with Crippen LogP contribution in [0.15, 0.2) is 75.7 Å². The van der Waals surface area contributed by atoms with Crippen LogP contribution in [-0.2, 0) is 9.47 Å². The van der Waals surface area contributed by atoms with Crippen LogP contribution in [0.1, 0.15) is 20.7 Å². The van der Waals surface area contributed by atoms with E-state index >= 15 is 0 Å². The molecule has 0 saturated carbocycles. The summed E-state index contributed by atoms with van der Waals surface area (Å²) in [6.45, 7) is 0. The summed E-state index contributed by atoms with van der Waals surface area (Å²) < 4.78 is 11.8. The number of rotatable bonds is 3. The van der Waals surface area contributed by atoms with Crippen LogP contribution in [-0.4, -0.2) is 26.2 Å². The molecule has 0 amide bonds. The highest BCUT2D eigenvalue weighted by molar-refractivity contribution is 14.1. The van der Waals surface area contributed by atoms with Crippen LogP contribution in [0, 0.1) is 3.57 Å². The van der Waals surface area contributed by atoms with Gasteiger partial charge >= 0.3 is 11.9 Å². The van der Waals surface area contributed by atoms with E-state index in [-0.39, 0.29) is 11.9 Å². The first kappa shape index (κ1) is 23.6. The second kappa shape index (κ2) is 11.5. The normalized spacial score (nSPS) is 9.83. The van der Waals surface area contributed by atoms with Crippen molar-refractivity contribution in [2.75, 3.05) is 14.2 Å². The van der Waals surface area contributed by atoms with Gasteiger partial charge in [0.05, 0.1) is 25.3 Å². The molecular weight excluding hydrogens is 615 g/mol. The van der Waals surface area contributed by atoms with Crippen molar-refractivity contribution in [3.63, 3.8) is 0 Å². The van der Waals surface area contributed by atoms with Crippen molar-refractivity contribution in [2.45, 2.75) is 0 Å². The van der Waals surface area contributed by atoms with Crippen LogP contribution < -0.4 is 0 Å². The van der Waals surface area contributed by atoms with Gasteiger partial charge in [-0.15, -0.1) is 0 Å². The molecule has 0 saturated heterocycles. The molecule has 0 aliphatic heterocycles. The predicted molar refractivity (Wildman–Crippen MR) is 129 cm³/mol. The lowest BCUT2D eigenvalue weighted by atomic mass is 10.0. The molecule has 0 aliphatic carbocycles. The molecule has 0 radical (unpaired) electrons. The summed E-state index contributed by atoms with van der Waals surface area (Å²) in [5, 5.41) is 0. The number of hydrogen-bond acceptors (Lipinski definition) is 4. The number of carbonyl (C=O) groups is 2. The largest absolute Gasteiger partial charge is 0.465 e. The Labute approximate surface area is 200 Å². The maximum absolute atomic E-state index is 11.6. The maximum atomic E-state index is 11.6. The van der Waals surface area contributed by atoms with Crippen molar-refractivity contribution < 1.29 is 19.1 Å². The lowest BCUT2D eigenvalue weighted by Gasteiger charge is -2.06. The van der Waals surface area contributed by atoms with Crippen molar-refractivity contribution >= 4 is 66.4 Å². The molecular formula is C22H17Br2IO4. The van der Waals surface area contributed by atoms with Gasteiger partial charge < -0.3 is 9.47 Å². The number of benzene rings is 3. The van der Waals surface area contributed by atoms with Crippen molar-refractivity contribution in [1.29, 1.82) is 0 Å². The second-order valence-electron chi connectivity index (χ2n) is 5.67. The van der Waals surface area contributed by atoms with Gasteiger partial charge in [0.1, 0.15) is 0 Å². The first-order valence-electron chi connectivity index (χ1n) is 8.34. The van der Waals surface area contributed by atoms with Gasteiger partial charge in [-0.05, 0) is 95.9 Å². The minimum absolute atomic E-state index is 0.319. The molecule has 0 aromatic heterocycles. The Morgan fingerprint density at radius 3 is 1.79 bits per heavy atom. The van der Waals surface area contributed by atoms with Crippen molar-refractivity contribution in [3.8, 4) is 11.1 Å². The molecule has 29 heavy (non-hydrogen) atoms. The lowest BCUT2D eigenvalue weighted by molar-refractivity contribution is 0.0591. The average Bonchev–Trinajstić information content (AvgIpc) is 2.75. The topological polar surface area (TPSA) is 52.6 Å². The van der Waals surface area contributed by atoms with Crippen molar-refractivity contribution in [2.24, 2.45) is 0 Å². The Morgan fingerprint density at radius 2 is 1.24 bits per heavy atom. The molecule has 7 heteroatoms. The first-order valence-corrected chi connectivity index (χ1v) is 11.0. The summed E-state index contributed by atoms with van der Waals surface area (Å²) in [7, 11) is 2.75. The third-order valence-corrected chi connectivity index (χ3v) is 5.87. The fourth-order valence-electron chi connectivity index (χ4n) is 2.37. The fraction of sp³-hybridized carbons (Fsp3) is 0.0909. The summed E-state index contributed by atoms with van der Waals surface area (Å²) in [6, 6.07) is 21.1. The second-order valence-corrected chi connectivity index (χ2v) is 8.62. The lowest BCUT2D eigenvalue weighted by Crippen LogP contribution is -2.02. The van der Waals surface area contributed by atoms with Crippen LogP contribution >= 0.6 is 54.5 Å². The van der Waals surface area contributed by atoms with Gasteiger partial charge in [0.15, 0.2) is 0 Å². The summed E-state index contributed by atoms with van der Waals surface area (Å²) >= 11 is 8.75. The van der Waals surface area contributed by atoms with Crippen LogP contribution in [0.25, 0.3) is 11.1 Å². The Morgan fingerprint density at radius 1 is 0.724 bits per heavy atom. The summed E-state index contributed by atoms with van der Waals surface area (Å²) in [4.78, 5) is 22.7. The van der Waals surface area contributed by atoms with Crippen LogP contribution in [0.3, 0.4) is 0 Å². The Kier molecular flexibility index (Phi) is 9.32. The average molecular weight is 632 g/mol. The van der Waals surface area contributed by atoms with Gasteiger partial charge in [-0.3, -0.25) is 0 Å². The first-order chi connectivity index (χ1) is 13.9. The molecule has 3 rings (SSSR count). The Hall–Kier alpha value is -1.71. The zero-order valence-corrected chi connectivity index (χ0v) is 20.9. The zero-order valence-electron chi connectivity index (χ0n) is 15.6. The van der Waals surface area contributed by atoms with Gasteiger partial charge in [0.25, 0.3) is 0 Å². The van der Waals surface area contributed by atoms with E-state index in [0.717, 1.165) is 23.6 Å².